The highest BCUT2D eigenvalue weighted by atomic mass is 15.0. The Morgan fingerprint density at radius 2 is 1.18 bits per heavy atom. The third kappa shape index (κ3) is 5.52. The summed E-state index contributed by atoms with van der Waals surface area (Å²) in [5.41, 5.74) is 6.04. The van der Waals surface area contributed by atoms with Crippen LogP contribution in [0.5, 0.6) is 0 Å². The molecule has 2 unspecified atom stereocenters. The molecule has 0 aliphatic heterocycles. The van der Waals surface area contributed by atoms with Crippen LogP contribution >= 0.6 is 0 Å². The van der Waals surface area contributed by atoms with E-state index < -0.39 is 0 Å². The number of nitrogens with zero attached hydrogens (tertiary/aromatic N) is 4. The second-order valence-corrected chi connectivity index (χ2v) is 17.9. The molecule has 278 valence electrons. The molecule has 6 aromatic carbocycles. The molecule has 0 bridgehead atoms. The van der Waals surface area contributed by atoms with E-state index in [2.05, 4.69) is 172 Å². The van der Waals surface area contributed by atoms with Gasteiger partial charge < -0.3 is 4.57 Å². The predicted octanol–water partition coefficient (Wildman–Crippen LogP) is 12.0. The van der Waals surface area contributed by atoms with Crippen LogP contribution in [0, 0.1) is 22.7 Å². The first-order valence-corrected chi connectivity index (χ1v) is 20.6. The van der Waals surface area contributed by atoms with Crippen LogP contribution in [0.1, 0.15) is 59.2 Å². The lowest BCUT2D eigenvalue weighted by Crippen LogP contribution is -2.48. The van der Waals surface area contributed by atoms with Crippen molar-refractivity contribution in [3.63, 3.8) is 0 Å². The van der Waals surface area contributed by atoms with Crippen molar-refractivity contribution in [2.24, 2.45) is 22.7 Å². The van der Waals surface area contributed by atoms with Gasteiger partial charge in [-0.3, -0.25) is 0 Å². The topological polar surface area (TPSA) is 43.6 Å². The molecule has 0 radical (unpaired) electrons. The molecule has 57 heavy (non-hydrogen) atoms. The van der Waals surface area contributed by atoms with Gasteiger partial charge in [0.25, 0.3) is 0 Å². The van der Waals surface area contributed by atoms with Gasteiger partial charge in [0, 0.05) is 38.4 Å². The molecule has 2 atom stereocenters. The number of allylic oxidation sites excluding steroid dienone is 4. The second-order valence-electron chi connectivity index (χ2n) is 17.9. The summed E-state index contributed by atoms with van der Waals surface area (Å²) in [6, 6.07) is 43.5. The van der Waals surface area contributed by atoms with E-state index in [1.165, 1.54) is 66.9 Å². The molecule has 4 nitrogen and oxygen atoms in total. The van der Waals surface area contributed by atoms with Crippen LogP contribution in [0.25, 0.3) is 89.4 Å². The summed E-state index contributed by atoms with van der Waals surface area (Å²) in [6.07, 6.45) is 14.3. The lowest BCUT2D eigenvalue weighted by Gasteiger charge is -2.51. The molecule has 11 rings (SSSR count). The van der Waals surface area contributed by atoms with E-state index in [4.69, 9.17) is 15.0 Å². The standard InChI is InChI=1S/C53H46N4/c1-52(2)25-26-53(3,4)46-32-48-43(31-45(46)52)42-28-34-17-8-9-18-35(34)30-47(42)57(48)38-21-14-20-37(27-38)50-54-49(33-15-6-5-7-16-33)55-51(56-50)44-29-36-19-10-11-22-39(36)40-23-12-13-24-41(40)44/h5-13,15-20,22-24,27-32,45-46H,14,21,25-26H2,1-4H3. The van der Waals surface area contributed by atoms with Crippen molar-refractivity contribution >= 4 is 66.6 Å². The quantitative estimate of drug-likeness (QED) is 0.169. The van der Waals surface area contributed by atoms with E-state index in [1.54, 1.807) is 0 Å². The first-order valence-electron chi connectivity index (χ1n) is 20.6. The highest BCUT2D eigenvalue weighted by Gasteiger charge is 2.47. The fraction of sp³-hybridized carbons (Fsp3) is 0.226. The molecule has 3 aliphatic rings. The molecule has 0 N–H and O–H groups in total. The Hall–Kier alpha value is -6.13. The van der Waals surface area contributed by atoms with Gasteiger partial charge in [0.15, 0.2) is 17.5 Å². The largest absolute Gasteiger partial charge is 0.313 e. The maximum absolute atomic E-state index is 5.35. The third-order valence-corrected chi connectivity index (χ3v) is 13.5. The maximum Gasteiger partial charge on any atom is 0.164 e. The average molecular weight is 739 g/mol. The Morgan fingerprint density at radius 1 is 0.561 bits per heavy atom. The summed E-state index contributed by atoms with van der Waals surface area (Å²) < 4.78 is 2.59. The van der Waals surface area contributed by atoms with E-state index in [0.29, 0.717) is 29.3 Å². The fourth-order valence-electron chi connectivity index (χ4n) is 10.2. The van der Waals surface area contributed by atoms with Gasteiger partial charge in [0.2, 0.25) is 0 Å². The zero-order valence-electron chi connectivity index (χ0n) is 33.1. The molecular weight excluding hydrogens is 693 g/mol. The lowest BCUT2D eigenvalue weighted by atomic mass is 9.53. The second kappa shape index (κ2) is 12.7. The minimum Gasteiger partial charge on any atom is -0.313 e. The monoisotopic (exact) mass is 738 g/mol. The zero-order valence-corrected chi connectivity index (χ0v) is 33.1. The SMILES string of the molecule is CC1(C)CCC(C)(C)C2C=c3c(c4cc5ccccc5cc4n3C3=CC(c4nc(-c5ccccc5)nc(-c5cc6ccccc6c6ccccc56)n4)=CCC3)=CC21. The molecule has 4 heteroatoms. The Morgan fingerprint density at radius 3 is 1.95 bits per heavy atom. The maximum atomic E-state index is 5.35. The summed E-state index contributed by atoms with van der Waals surface area (Å²) in [5, 5.41) is 11.4. The molecule has 0 spiro atoms. The molecular formula is C53H46N4. The predicted molar refractivity (Wildman–Crippen MR) is 239 cm³/mol. The average Bonchev–Trinajstić information content (AvgIpc) is 3.56. The van der Waals surface area contributed by atoms with Crippen LogP contribution in [0.3, 0.4) is 0 Å². The molecule has 2 heterocycles. The van der Waals surface area contributed by atoms with E-state index in [1.807, 2.05) is 6.07 Å². The first kappa shape index (κ1) is 34.1. The Labute approximate surface area is 333 Å². The van der Waals surface area contributed by atoms with Crippen LogP contribution < -0.4 is 10.6 Å². The van der Waals surface area contributed by atoms with Gasteiger partial charge >= 0.3 is 0 Å². The van der Waals surface area contributed by atoms with Gasteiger partial charge in [-0.25, -0.2) is 15.0 Å². The van der Waals surface area contributed by atoms with Gasteiger partial charge in [0.1, 0.15) is 0 Å². The minimum absolute atomic E-state index is 0.217. The van der Waals surface area contributed by atoms with Crippen LogP contribution in [-0.4, -0.2) is 19.5 Å². The molecule has 2 aromatic heterocycles. The molecule has 3 aliphatic carbocycles. The van der Waals surface area contributed by atoms with Crippen molar-refractivity contribution in [3.05, 3.63) is 150 Å². The number of aromatic nitrogens is 4. The lowest BCUT2D eigenvalue weighted by molar-refractivity contribution is 0.0503. The fourth-order valence-corrected chi connectivity index (χ4v) is 10.2. The van der Waals surface area contributed by atoms with Gasteiger partial charge in [-0.05, 0) is 105 Å². The third-order valence-electron chi connectivity index (χ3n) is 13.5. The van der Waals surface area contributed by atoms with Crippen molar-refractivity contribution in [2.45, 2.75) is 53.4 Å². The van der Waals surface area contributed by atoms with Crippen LogP contribution in [0.15, 0.2) is 133 Å². The summed E-state index contributed by atoms with van der Waals surface area (Å²) in [5.74, 6) is 3.02. The van der Waals surface area contributed by atoms with Crippen molar-refractivity contribution < 1.29 is 0 Å². The van der Waals surface area contributed by atoms with E-state index in [0.717, 1.165) is 34.9 Å². The molecule has 1 fully saturated rings. The van der Waals surface area contributed by atoms with Crippen molar-refractivity contribution in [2.75, 3.05) is 0 Å². The van der Waals surface area contributed by atoms with Crippen molar-refractivity contribution in [1.82, 2.24) is 19.5 Å². The van der Waals surface area contributed by atoms with E-state index in [9.17, 15) is 0 Å². The van der Waals surface area contributed by atoms with Gasteiger partial charge in [0.05, 0.1) is 5.52 Å². The highest BCUT2D eigenvalue weighted by Crippen LogP contribution is 2.54. The zero-order chi connectivity index (χ0) is 38.5. The Balaban J connectivity index is 1.14. The molecule has 0 amide bonds. The molecule has 8 aromatic rings. The van der Waals surface area contributed by atoms with Crippen LogP contribution in [0.2, 0.25) is 0 Å². The molecule has 0 saturated heterocycles. The normalized spacial score (nSPS) is 19.7. The Kier molecular flexibility index (Phi) is 7.60. The van der Waals surface area contributed by atoms with E-state index in [-0.39, 0.29) is 10.8 Å². The summed E-state index contributed by atoms with van der Waals surface area (Å²) in [4.78, 5) is 15.8. The van der Waals surface area contributed by atoms with Crippen molar-refractivity contribution in [3.8, 4) is 22.8 Å². The van der Waals surface area contributed by atoms with Gasteiger partial charge in [-0.15, -0.1) is 0 Å². The summed E-state index contributed by atoms with van der Waals surface area (Å²) in [7, 11) is 0. The number of fused-ring (bicyclic) bond motifs is 8. The first-order chi connectivity index (χ1) is 27.7. The Bertz CT molecular complexity index is 3140. The van der Waals surface area contributed by atoms with E-state index >= 15 is 0 Å². The van der Waals surface area contributed by atoms with Crippen molar-refractivity contribution in [1.29, 1.82) is 0 Å². The molecule has 1 saturated carbocycles. The number of rotatable bonds is 4. The minimum atomic E-state index is 0.217. The van der Waals surface area contributed by atoms with Crippen LogP contribution in [0.4, 0.5) is 0 Å². The smallest absolute Gasteiger partial charge is 0.164 e. The highest BCUT2D eigenvalue weighted by molar-refractivity contribution is 6.13. The number of benzene rings is 6. The number of hydrogen-bond donors (Lipinski definition) is 0. The summed E-state index contributed by atoms with van der Waals surface area (Å²) in [6.45, 7) is 9.94. The van der Waals surface area contributed by atoms with Gasteiger partial charge in [-0.2, -0.15) is 0 Å². The van der Waals surface area contributed by atoms with Gasteiger partial charge in [-0.1, -0.05) is 149 Å². The number of hydrogen-bond acceptors (Lipinski definition) is 3. The van der Waals surface area contributed by atoms with Crippen LogP contribution in [-0.2, 0) is 0 Å². The summed E-state index contributed by atoms with van der Waals surface area (Å²) >= 11 is 0.